The Morgan fingerprint density at radius 3 is 2.22 bits per heavy atom. The van der Waals surface area contributed by atoms with Crippen molar-refractivity contribution in [3.8, 4) is 0 Å². The first-order valence-electron chi connectivity index (χ1n) is 6.17. The lowest BCUT2D eigenvalue weighted by Crippen LogP contribution is -2.54. The first kappa shape index (κ1) is 18.2. The minimum Gasteiger partial charge on any atom is -0.327 e. The number of piperidine rings is 1. The van der Waals surface area contributed by atoms with Crippen LogP contribution in [0.3, 0.4) is 0 Å². The van der Waals surface area contributed by atoms with Crippen molar-refractivity contribution in [2.45, 2.75) is 47.1 Å². The molecule has 0 amide bonds. The average molecular weight is 299 g/mol. The Hall–Kier alpha value is 0.160. The predicted molar refractivity (Wildman–Crippen MR) is 78.4 cm³/mol. The summed E-state index contributed by atoms with van der Waals surface area (Å²) in [5, 5.41) is 0. The van der Waals surface area contributed by atoms with E-state index in [0.717, 1.165) is 6.42 Å². The fraction of sp³-hybridized carbons (Fsp3) is 1.00. The van der Waals surface area contributed by atoms with Crippen molar-refractivity contribution < 1.29 is 8.42 Å². The highest BCUT2D eigenvalue weighted by Gasteiger charge is 2.39. The van der Waals surface area contributed by atoms with E-state index in [1.807, 2.05) is 34.6 Å². The summed E-state index contributed by atoms with van der Waals surface area (Å²) in [7, 11) is -3.16. The minimum absolute atomic E-state index is 0. The van der Waals surface area contributed by atoms with Crippen LogP contribution in [0.25, 0.3) is 0 Å². The molecule has 110 valence electrons. The first-order chi connectivity index (χ1) is 7.44. The van der Waals surface area contributed by atoms with Gasteiger partial charge in [-0.25, -0.2) is 12.7 Å². The molecular formula is C12H27ClN2O2S. The molecule has 0 spiro atoms. The Morgan fingerprint density at radius 1 is 1.33 bits per heavy atom. The molecule has 0 bridgehead atoms. The highest BCUT2D eigenvalue weighted by Crippen LogP contribution is 2.30. The van der Waals surface area contributed by atoms with Gasteiger partial charge >= 0.3 is 0 Å². The molecule has 0 aromatic carbocycles. The lowest BCUT2D eigenvalue weighted by molar-refractivity contribution is 0.154. The summed E-state index contributed by atoms with van der Waals surface area (Å²) >= 11 is 0. The zero-order valence-electron chi connectivity index (χ0n) is 12.1. The lowest BCUT2D eigenvalue weighted by atomic mass is 9.81. The molecule has 1 fully saturated rings. The molecule has 0 radical (unpaired) electrons. The van der Waals surface area contributed by atoms with Crippen molar-refractivity contribution in [2.24, 2.45) is 16.6 Å². The molecule has 0 saturated carbocycles. The van der Waals surface area contributed by atoms with Crippen LogP contribution in [0.5, 0.6) is 0 Å². The SMILES string of the molecule is CC(C)(C)CS(=O)(=O)N1CCC(N)C(C)(C)C1.Cl. The molecule has 0 aromatic rings. The van der Waals surface area contributed by atoms with Gasteiger partial charge < -0.3 is 5.73 Å². The van der Waals surface area contributed by atoms with Crippen molar-refractivity contribution >= 4 is 22.4 Å². The maximum absolute atomic E-state index is 12.3. The van der Waals surface area contributed by atoms with E-state index in [4.69, 9.17) is 5.73 Å². The molecule has 4 nitrogen and oxygen atoms in total. The van der Waals surface area contributed by atoms with Crippen LogP contribution in [0.2, 0.25) is 0 Å². The number of nitrogens with zero attached hydrogens (tertiary/aromatic N) is 1. The molecule has 1 atom stereocenters. The third-order valence-corrected chi connectivity index (χ3v) is 5.62. The molecule has 1 saturated heterocycles. The van der Waals surface area contributed by atoms with E-state index in [-0.39, 0.29) is 35.0 Å². The van der Waals surface area contributed by atoms with Gasteiger partial charge in [-0.2, -0.15) is 0 Å². The van der Waals surface area contributed by atoms with Crippen LogP contribution in [-0.4, -0.2) is 37.6 Å². The normalized spacial score (nSPS) is 25.6. The molecule has 0 aromatic heterocycles. The van der Waals surface area contributed by atoms with Gasteiger partial charge in [0.1, 0.15) is 0 Å². The summed E-state index contributed by atoms with van der Waals surface area (Å²) in [4.78, 5) is 0. The summed E-state index contributed by atoms with van der Waals surface area (Å²) in [6, 6.07) is 0.0867. The van der Waals surface area contributed by atoms with Crippen LogP contribution >= 0.6 is 12.4 Å². The van der Waals surface area contributed by atoms with Crippen molar-refractivity contribution in [1.82, 2.24) is 4.31 Å². The molecule has 1 aliphatic rings. The molecule has 1 heterocycles. The van der Waals surface area contributed by atoms with Crippen LogP contribution in [0.15, 0.2) is 0 Å². The number of halogens is 1. The third kappa shape index (κ3) is 4.68. The van der Waals surface area contributed by atoms with E-state index in [1.165, 1.54) is 0 Å². The fourth-order valence-corrected chi connectivity index (χ4v) is 4.39. The monoisotopic (exact) mass is 298 g/mol. The van der Waals surface area contributed by atoms with Gasteiger partial charge in [0, 0.05) is 19.1 Å². The van der Waals surface area contributed by atoms with Crippen molar-refractivity contribution in [3.63, 3.8) is 0 Å². The maximum Gasteiger partial charge on any atom is 0.214 e. The third-order valence-electron chi connectivity index (χ3n) is 3.29. The van der Waals surface area contributed by atoms with E-state index in [1.54, 1.807) is 4.31 Å². The zero-order chi connectivity index (χ0) is 13.5. The number of hydrogen-bond donors (Lipinski definition) is 1. The molecule has 1 rings (SSSR count). The molecule has 6 heteroatoms. The van der Waals surface area contributed by atoms with Crippen molar-refractivity contribution in [1.29, 1.82) is 0 Å². The van der Waals surface area contributed by atoms with E-state index in [9.17, 15) is 8.42 Å². The van der Waals surface area contributed by atoms with Gasteiger partial charge in [0.05, 0.1) is 5.75 Å². The summed E-state index contributed by atoms with van der Waals surface area (Å²) < 4.78 is 26.2. The summed E-state index contributed by atoms with van der Waals surface area (Å²) in [5.41, 5.74) is 5.68. The Balaban J connectivity index is 0.00000289. The topological polar surface area (TPSA) is 63.4 Å². The molecule has 2 N–H and O–H groups in total. The van der Waals surface area contributed by atoms with Crippen molar-refractivity contribution in [2.75, 3.05) is 18.8 Å². The average Bonchev–Trinajstić information content (AvgIpc) is 2.05. The highest BCUT2D eigenvalue weighted by molar-refractivity contribution is 7.89. The lowest BCUT2D eigenvalue weighted by Gasteiger charge is -2.42. The molecule has 1 unspecified atom stereocenters. The summed E-state index contributed by atoms with van der Waals surface area (Å²) in [6.07, 6.45) is 0.746. The molecule has 1 aliphatic heterocycles. The van der Waals surface area contributed by atoms with E-state index in [2.05, 4.69) is 0 Å². The number of nitrogens with two attached hydrogens (primary N) is 1. The predicted octanol–water partition coefficient (Wildman–Crippen LogP) is 1.84. The van der Waals surface area contributed by atoms with Gasteiger partial charge in [-0.05, 0) is 17.3 Å². The van der Waals surface area contributed by atoms with Gasteiger partial charge in [0.2, 0.25) is 10.0 Å². The van der Waals surface area contributed by atoms with Gasteiger partial charge in [0.15, 0.2) is 0 Å². The highest BCUT2D eigenvalue weighted by atomic mass is 35.5. The van der Waals surface area contributed by atoms with Gasteiger partial charge in [0.25, 0.3) is 0 Å². The van der Waals surface area contributed by atoms with Gasteiger partial charge in [-0.3, -0.25) is 0 Å². The van der Waals surface area contributed by atoms with Crippen LogP contribution < -0.4 is 5.73 Å². The maximum atomic E-state index is 12.3. The smallest absolute Gasteiger partial charge is 0.214 e. The summed E-state index contributed by atoms with van der Waals surface area (Å²) in [6.45, 7) is 11.0. The largest absolute Gasteiger partial charge is 0.327 e. The van der Waals surface area contributed by atoms with Crippen LogP contribution in [0, 0.1) is 10.8 Å². The Labute approximate surface area is 118 Å². The number of sulfonamides is 1. The van der Waals surface area contributed by atoms with Crippen molar-refractivity contribution in [3.05, 3.63) is 0 Å². The zero-order valence-corrected chi connectivity index (χ0v) is 13.7. The molecule has 18 heavy (non-hydrogen) atoms. The first-order valence-corrected chi connectivity index (χ1v) is 7.78. The van der Waals surface area contributed by atoms with Crippen LogP contribution in [0.1, 0.15) is 41.0 Å². The van der Waals surface area contributed by atoms with E-state index in [0.29, 0.717) is 13.1 Å². The number of hydrogen-bond acceptors (Lipinski definition) is 3. The fourth-order valence-electron chi connectivity index (χ4n) is 2.20. The second-order valence-electron chi connectivity index (χ2n) is 7.03. The van der Waals surface area contributed by atoms with E-state index < -0.39 is 10.0 Å². The van der Waals surface area contributed by atoms with E-state index >= 15 is 0 Å². The van der Waals surface area contributed by atoms with Gasteiger partial charge in [-0.1, -0.05) is 34.6 Å². The van der Waals surface area contributed by atoms with Gasteiger partial charge in [-0.15, -0.1) is 12.4 Å². The second-order valence-corrected chi connectivity index (χ2v) is 9.00. The Kier molecular flexibility index (Phi) is 5.70. The molecular weight excluding hydrogens is 272 g/mol. The number of rotatable bonds is 2. The Bertz CT molecular complexity index is 374. The standard InChI is InChI=1S/C12H26N2O2S.ClH/c1-11(2,3)9-17(15,16)14-7-6-10(13)12(4,5)8-14;/h10H,6-9,13H2,1-5H3;1H. The summed E-state index contributed by atoms with van der Waals surface area (Å²) in [5.74, 6) is 0.200. The Morgan fingerprint density at radius 2 is 1.83 bits per heavy atom. The van der Waals surface area contributed by atoms with Crippen LogP contribution in [0.4, 0.5) is 0 Å². The quantitative estimate of drug-likeness (QED) is 0.846. The molecule has 0 aliphatic carbocycles. The van der Waals surface area contributed by atoms with Crippen LogP contribution in [-0.2, 0) is 10.0 Å². The second kappa shape index (κ2) is 5.65. The minimum atomic E-state index is -3.16.